The number of rotatable bonds is 4. The number of piperidine rings is 1. The molecule has 3 atom stereocenters. The molecule has 1 N–H and O–H groups in total. The minimum Gasteiger partial charge on any atom is -0.359 e. The van der Waals surface area contributed by atoms with Crippen molar-refractivity contribution in [1.29, 1.82) is 0 Å². The van der Waals surface area contributed by atoms with E-state index in [1.807, 2.05) is 6.08 Å². The molecule has 1 saturated heterocycles. The summed E-state index contributed by atoms with van der Waals surface area (Å²) in [6.45, 7) is 6.30. The highest BCUT2D eigenvalue weighted by atomic mass is 16.7. The molecule has 0 bridgehead atoms. The lowest BCUT2D eigenvalue weighted by atomic mass is 9.97. The first-order valence-electron chi connectivity index (χ1n) is 4.77. The van der Waals surface area contributed by atoms with Crippen LogP contribution in [0.2, 0.25) is 0 Å². The van der Waals surface area contributed by atoms with Crippen LogP contribution in [0, 0.1) is 0 Å². The molecule has 0 aromatic heterocycles. The van der Waals surface area contributed by atoms with Crippen molar-refractivity contribution in [2.75, 3.05) is 13.9 Å². The first-order chi connectivity index (χ1) is 6.27. The van der Waals surface area contributed by atoms with Gasteiger partial charge in [-0.3, -0.25) is 0 Å². The van der Waals surface area contributed by atoms with Crippen LogP contribution >= 0.6 is 0 Å². The van der Waals surface area contributed by atoms with Crippen molar-refractivity contribution >= 4 is 0 Å². The van der Waals surface area contributed by atoms with Gasteiger partial charge in [-0.05, 0) is 19.8 Å². The molecule has 0 aromatic carbocycles. The van der Waals surface area contributed by atoms with Gasteiger partial charge in [-0.15, -0.1) is 6.58 Å². The third kappa shape index (κ3) is 3.10. The predicted molar refractivity (Wildman–Crippen MR) is 52.6 cm³/mol. The summed E-state index contributed by atoms with van der Waals surface area (Å²) in [5.74, 6) is 0. The fourth-order valence-electron chi connectivity index (χ4n) is 1.69. The molecular weight excluding hydrogens is 166 g/mol. The minimum absolute atomic E-state index is 0.274. The third-order valence-electron chi connectivity index (χ3n) is 2.48. The molecule has 0 saturated carbocycles. The summed E-state index contributed by atoms with van der Waals surface area (Å²) in [4.78, 5) is 0. The Morgan fingerprint density at radius 1 is 1.54 bits per heavy atom. The lowest BCUT2D eigenvalue weighted by Crippen LogP contribution is -2.49. The number of methoxy groups -OCH3 is 1. The van der Waals surface area contributed by atoms with Gasteiger partial charge in [0.2, 0.25) is 0 Å². The highest BCUT2D eigenvalue weighted by Gasteiger charge is 2.25. The zero-order valence-corrected chi connectivity index (χ0v) is 8.45. The Morgan fingerprint density at radius 2 is 2.31 bits per heavy atom. The fourth-order valence-corrected chi connectivity index (χ4v) is 1.69. The van der Waals surface area contributed by atoms with Crippen molar-refractivity contribution in [2.24, 2.45) is 0 Å². The normalized spacial score (nSPS) is 34.5. The van der Waals surface area contributed by atoms with E-state index in [-0.39, 0.29) is 6.10 Å². The van der Waals surface area contributed by atoms with Crippen LogP contribution in [0.5, 0.6) is 0 Å². The van der Waals surface area contributed by atoms with Gasteiger partial charge >= 0.3 is 0 Å². The van der Waals surface area contributed by atoms with Crippen LogP contribution in [0.15, 0.2) is 12.7 Å². The Balaban J connectivity index is 2.30. The molecule has 0 aromatic rings. The molecule has 0 spiro atoms. The molecule has 1 aliphatic rings. The van der Waals surface area contributed by atoms with Crippen molar-refractivity contribution in [3.63, 3.8) is 0 Å². The Hall–Kier alpha value is -0.380. The van der Waals surface area contributed by atoms with E-state index in [4.69, 9.17) is 9.47 Å². The van der Waals surface area contributed by atoms with E-state index in [1.54, 1.807) is 7.11 Å². The molecule has 1 aliphatic heterocycles. The van der Waals surface area contributed by atoms with Gasteiger partial charge in [0, 0.05) is 19.2 Å². The zero-order chi connectivity index (χ0) is 9.68. The van der Waals surface area contributed by atoms with Crippen LogP contribution in [0.1, 0.15) is 19.8 Å². The van der Waals surface area contributed by atoms with Gasteiger partial charge in [-0.25, -0.2) is 0 Å². The summed E-state index contributed by atoms with van der Waals surface area (Å²) in [5.41, 5.74) is 0. The third-order valence-corrected chi connectivity index (χ3v) is 2.48. The van der Waals surface area contributed by atoms with E-state index in [2.05, 4.69) is 18.8 Å². The average molecular weight is 185 g/mol. The van der Waals surface area contributed by atoms with Gasteiger partial charge in [0.15, 0.2) is 0 Å². The van der Waals surface area contributed by atoms with Gasteiger partial charge in [-0.2, -0.15) is 0 Å². The maximum Gasteiger partial charge on any atom is 0.146 e. The molecule has 0 radical (unpaired) electrons. The quantitative estimate of drug-likeness (QED) is 0.529. The Labute approximate surface area is 80.1 Å². The van der Waals surface area contributed by atoms with Crippen molar-refractivity contribution in [3.05, 3.63) is 12.7 Å². The molecule has 0 aliphatic carbocycles. The largest absolute Gasteiger partial charge is 0.359 e. The van der Waals surface area contributed by atoms with Crippen molar-refractivity contribution in [3.8, 4) is 0 Å². The van der Waals surface area contributed by atoms with Crippen LogP contribution in [0.3, 0.4) is 0 Å². The van der Waals surface area contributed by atoms with E-state index >= 15 is 0 Å². The van der Waals surface area contributed by atoms with Crippen molar-refractivity contribution in [1.82, 2.24) is 5.32 Å². The summed E-state index contributed by atoms with van der Waals surface area (Å²) >= 11 is 0. The number of ether oxygens (including phenoxy) is 2. The van der Waals surface area contributed by atoms with Gasteiger partial charge in [-0.1, -0.05) is 6.08 Å². The standard InChI is InChI=1S/C10H19NO2/c1-4-9-5-6-10(8(2)11-9)13-7-12-3/h4,8-11H,1,5-7H2,2-3H3/t8-,9-,10-/m1/s1. The summed E-state index contributed by atoms with van der Waals surface area (Å²) in [6, 6.07) is 0.823. The highest BCUT2D eigenvalue weighted by Crippen LogP contribution is 2.16. The van der Waals surface area contributed by atoms with E-state index < -0.39 is 0 Å². The fraction of sp³-hybridized carbons (Fsp3) is 0.800. The zero-order valence-electron chi connectivity index (χ0n) is 8.45. The van der Waals surface area contributed by atoms with Crippen LogP contribution < -0.4 is 5.32 Å². The second kappa shape index (κ2) is 5.37. The summed E-state index contributed by atoms with van der Waals surface area (Å²) in [5, 5.41) is 3.43. The Bertz CT molecular complexity index is 161. The monoisotopic (exact) mass is 185 g/mol. The molecule has 1 fully saturated rings. The smallest absolute Gasteiger partial charge is 0.146 e. The van der Waals surface area contributed by atoms with Crippen molar-refractivity contribution < 1.29 is 9.47 Å². The molecular formula is C10H19NO2. The second-order valence-corrected chi connectivity index (χ2v) is 3.49. The second-order valence-electron chi connectivity index (χ2n) is 3.49. The van der Waals surface area contributed by atoms with E-state index in [9.17, 15) is 0 Å². The van der Waals surface area contributed by atoms with E-state index in [1.165, 1.54) is 0 Å². The SMILES string of the molecule is C=C[C@@H]1CC[C@@H](OCOC)[C@@H](C)N1. The number of nitrogens with one attached hydrogen (secondary N) is 1. The minimum atomic E-state index is 0.274. The van der Waals surface area contributed by atoms with Crippen molar-refractivity contribution in [2.45, 2.75) is 38.0 Å². The van der Waals surface area contributed by atoms with Crippen LogP contribution in [0.4, 0.5) is 0 Å². The van der Waals surface area contributed by atoms with Crippen LogP contribution in [-0.2, 0) is 9.47 Å². The maximum atomic E-state index is 5.52. The summed E-state index contributed by atoms with van der Waals surface area (Å²) < 4.78 is 10.4. The molecule has 1 heterocycles. The molecule has 0 unspecified atom stereocenters. The van der Waals surface area contributed by atoms with E-state index in [0.29, 0.717) is 18.9 Å². The Morgan fingerprint density at radius 3 is 2.85 bits per heavy atom. The van der Waals surface area contributed by atoms with Gasteiger partial charge in [0.05, 0.1) is 6.10 Å². The lowest BCUT2D eigenvalue weighted by Gasteiger charge is -2.33. The molecule has 3 nitrogen and oxygen atoms in total. The maximum absolute atomic E-state index is 5.52. The van der Waals surface area contributed by atoms with Gasteiger partial charge < -0.3 is 14.8 Å². The first-order valence-corrected chi connectivity index (χ1v) is 4.77. The predicted octanol–water partition coefficient (Wildman–Crippen LogP) is 1.30. The van der Waals surface area contributed by atoms with Gasteiger partial charge in [0.1, 0.15) is 6.79 Å². The van der Waals surface area contributed by atoms with Gasteiger partial charge in [0.25, 0.3) is 0 Å². The Kier molecular flexibility index (Phi) is 4.42. The number of hydrogen-bond donors (Lipinski definition) is 1. The lowest BCUT2D eigenvalue weighted by molar-refractivity contribution is -0.0914. The topological polar surface area (TPSA) is 30.5 Å². The number of hydrogen-bond acceptors (Lipinski definition) is 3. The molecule has 1 rings (SSSR count). The molecule has 0 amide bonds. The summed E-state index contributed by atoms with van der Waals surface area (Å²) in [7, 11) is 1.65. The molecule has 3 heteroatoms. The van der Waals surface area contributed by atoms with Crippen LogP contribution in [0.25, 0.3) is 0 Å². The highest BCUT2D eigenvalue weighted by molar-refractivity contribution is 4.93. The average Bonchev–Trinajstić information content (AvgIpc) is 2.16. The summed E-state index contributed by atoms with van der Waals surface area (Å²) in [6.07, 6.45) is 4.41. The van der Waals surface area contributed by atoms with E-state index in [0.717, 1.165) is 12.8 Å². The first kappa shape index (κ1) is 10.7. The molecule has 13 heavy (non-hydrogen) atoms. The van der Waals surface area contributed by atoms with Crippen LogP contribution in [-0.4, -0.2) is 32.1 Å². The molecule has 76 valence electrons.